The van der Waals surface area contributed by atoms with Crippen molar-refractivity contribution in [2.24, 2.45) is 0 Å². The lowest BCUT2D eigenvalue weighted by molar-refractivity contribution is -0.120. The fourth-order valence-electron chi connectivity index (χ4n) is 2.78. The molecule has 0 fully saturated rings. The molecule has 1 amide bonds. The second-order valence-electron chi connectivity index (χ2n) is 6.29. The highest BCUT2D eigenvalue weighted by Gasteiger charge is 2.12. The summed E-state index contributed by atoms with van der Waals surface area (Å²) in [4.78, 5) is 12.0. The van der Waals surface area contributed by atoms with Gasteiger partial charge in [-0.3, -0.25) is 4.79 Å². The largest absolute Gasteiger partial charge is 0.496 e. The van der Waals surface area contributed by atoms with Crippen LogP contribution >= 0.6 is 0 Å². The Morgan fingerprint density at radius 2 is 1.92 bits per heavy atom. The van der Waals surface area contributed by atoms with Gasteiger partial charge in [0.1, 0.15) is 5.75 Å². The zero-order valence-electron chi connectivity index (χ0n) is 15.3. The van der Waals surface area contributed by atoms with Crippen molar-refractivity contribution in [1.82, 2.24) is 10.6 Å². The van der Waals surface area contributed by atoms with E-state index in [1.165, 1.54) is 11.1 Å². The molecule has 2 rings (SSSR count). The van der Waals surface area contributed by atoms with Gasteiger partial charge in [0.25, 0.3) is 0 Å². The van der Waals surface area contributed by atoms with E-state index in [0.717, 1.165) is 24.2 Å². The van der Waals surface area contributed by atoms with Gasteiger partial charge in [-0.15, -0.1) is 0 Å². The third-order valence-electron chi connectivity index (χ3n) is 4.23. The SMILES string of the molecule is COc1ccc(C)cc1[C@H](C)NCC(=O)NCCCc1ccccc1. The van der Waals surface area contributed by atoms with Crippen LogP contribution in [0.25, 0.3) is 0 Å². The standard InChI is InChI=1S/C21H28N2O2/c1-16-11-12-20(25-3)19(14-16)17(2)23-15-21(24)22-13-7-10-18-8-5-4-6-9-18/h4-6,8-9,11-12,14,17,23H,7,10,13,15H2,1-3H3,(H,22,24)/t17-/m0/s1. The molecule has 1 atom stereocenters. The summed E-state index contributed by atoms with van der Waals surface area (Å²) in [6.45, 7) is 5.08. The number of ether oxygens (including phenoxy) is 1. The molecule has 2 aromatic carbocycles. The Bertz CT molecular complexity index is 671. The molecular weight excluding hydrogens is 312 g/mol. The Balaban J connectivity index is 1.71. The first kappa shape index (κ1) is 19.0. The normalized spacial score (nSPS) is 11.8. The molecule has 0 bridgehead atoms. The first-order valence-corrected chi connectivity index (χ1v) is 8.78. The van der Waals surface area contributed by atoms with E-state index in [1.807, 2.05) is 37.3 Å². The van der Waals surface area contributed by atoms with E-state index in [4.69, 9.17) is 4.74 Å². The number of amides is 1. The maximum Gasteiger partial charge on any atom is 0.233 e. The van der Waals surface area contributed by atoms with Crippen LogP contribution < -0.4 is 15.4 Å². The molecule has 0 aliphatic heterocycles. The Labute approximate surface area is 150 Å². The summed E-state index contributed by atoms with van der Waals surface area (Å²) in [6, 6.07) is 16.4. The molecule has 25 heavy (non-hydrogen) atoms. The molecule has 2 N–H and O–H groups in total. The van der Waals surface area contributed by atoms with Gasteiger partial charge in [-0.1, -0.05) is 48.0 Å². The van der Waals surface area contributed by atoms with Gasteiger partial charge < -0.3 is 15.4 Å². The number of carbonyl (C=O) groups excluding carboxylic acids is 1. The second kappa shape index (κ2) is 9.84. The topological polar surface area (TPSA) is 50.4 Å². The molecule has 134 valence electrons. The highest BCUT2D eigenvalue weighted by atomic mass is 16.5. The molecule has 0 unspecified atom stereocenters. The number of nitrogens with one attached hydrogen (secondary N) is 2. The maximum absolute atomic E-state index is 12.0. The minimum absolute atomic E-state index is 0.0199. The zero-order valence-corrected chi connectivity index (χ0v) is 15.3. The van der Waals surface area contributed by atoms with E-state index in [9.17, 15) is 4.79 Å². The van der Waals surface area contributed by atoms with Crippen LogP contribution in [0, 0.1) is 6.92 Å². The van der Waals surface area contributed by atoms with E-state index < -0.39 is 0 Å². The van der Waals surface area contributed by atoms with Crippen molar-refractivity contribution in [3.63, 3.8) is 0 Å². The number of aryl methyl sites for hydroxylation is 2. The number of carbonyl (C=O) groups is 1. The van der Waals surface area contributed by atoms with Crippen molar-refractivity contribution in [3.8, 4) is 5.75 Å². The zero-order chi connectivity index (χ0) is 18.1. The Morgan fingerprint density at radius 1 is 1.16 bits per heavy atom. The van der Waals surface area contributed by atoms with Crippen LogP contribution in [0.5, 0.6) is 5.75 Å². The van der Waals surface area contributed by atoms with E-state index in [2.05, 4.69) is 35.8 Å². The van der Waals surface area contributed by atoms with Crippen molar-refractivity contribution < 1.29 is 9.53 Å². The highest BCUT2D eigenvalue weighted by Crippen LogP contribution is 2.25. The molecule has 2 aromatic rings. The molecular formula is C21H28N2O2. The molecule has 4 nitrogen and oxygen atoms in total. The van der Waals surface area contributed by atoms with Crippen LogP contribution in [0.3, 0.4) is 0 Å². The highest BCUT2D eigenvalue weighted by molar-refractivity contribution is 5.78. The Morgan fingerprint density at radius 3 is 2.64 bits per heavy atom. The third-order valence-corrected chi connectivity index (χ3v) is 4.23. The van der Waals surface area contributed by atoms with E-state index >= 15 is 0 Å². The van der Waals surface area contributed by atoms with Crippen LogP contribution in [0.2, 0.25) is 0 Å². The number of benzene rings is 2. The lowest BCUT2D eigenvalue weighted by Gasteiger charge is -2.18. The molecule has 0 saturated heterocycles. The fraction of sp³-hybridized carbons (Fsp3) is 0.381. The predicted octanol–water partition coefficient (Wildman–Crippen LogP) is 3.40. The second-order valence-corrected chi connectivity index (χ2v) is 6.29. The van der Waals surface area contributed by atoms with Gasteiger partial charge in [0.05, 0.1) is 13.7 Å². The van der Waals surface area contributed by atoms with Gasteiger partial charge >= 0.3 is 0 Å². The van der Waals surface area contributed by atoms with Crippen LogP contribution in [0.15, 0.2) is 48.5 Å². The third kappa shape index (κ3) is 6.24. The van der Waals surface area contributed by atoms with Gasteiger partial charge in [0.2, 0.25) is 5.91 Å². The number of rotatable bonds is 9. The molecule has 4 heteroatoms. The first-order valence-electron chi connectivity index (χ1n) is 8.78. The molecule has 0 spiro atoms. The van der Waals surface area contributed by atoms with Crippen LogP contribution in [-0.2, 0) is 11.2 Å². The molecule has 0 aliphatic carbocycles. The molecule has 0 aromatic heterocycles. The average Bonchev–Trinajstić information content (AvgIpc) is 2.64. The maximum atomic E-state index is 12.0. The van der Waals surface area contributed by atoms with Crippen molar-refractivity contribution >= 4 is 5.91 Å². The lowest BCUT2D eigenvalue weighted by atomic mass is 10.0. The van der Waals surface area contributed by atoms with E-state index in [-0.39, 0.29) is 11.9 Å². The quantitative estimate of drug-likeness (QED) is 0.688. The molecule has 0 heterocycles. The van der Waals surface area contributed by atoms with Crippen LogP contribution in [0.1, 0.15) is 36.1 Å². The fourth-order valence-corrected chi connectivity index (χ4v) is 2.78. The van der Waals surface area contributed by atoms with Crippen molar-refractivity contribution in [3.05, 3.63) is 65.2 Å². The van der Waals surface area contributed by atoms with E-state index in [1.54, 1.807) is 7.11 Å². The van der Waals surface area contributed by atoms with Crippen molar-refractivity contribution in [1.29, 1.82) is 0 Å². The van der Waals surface area contributed by atoms with E-state index in [0.29, 0.717) is 13.1 Å². The van der Waals surface area contributed by atoms with Gasteiger partial charge in [-0.05, 0) is 38.3 Å². The summed E-state index contributed by atoms with van der Waals surface area (Å²) in [5.41, 5.74) is 3.55. The summed E-state index contributed by atoms with van der Waals surface area (Å²) in [5.74, 6) is 0.861. The minimum atomic E-state index is 0.0199. The van der Waals surface area contributed by atoms with Crippen molar-refractivity contribution in [2.45, 2.75) is 32.7 Å². The Hall–Kier alpha value is -2.33. The monoisotopic (exact) mass is 340 g/mol. The number of methoxy groups -OCH3 is 1. The minimum Gasteiger partial charge on any atom is -0.496 e. The molecule has 0 radical (unpaired) electrons. The molecule has 0 aliphatic rings. The van der Waals surface area contributed by atoms with Gasteiger partial charge in [0, 0.05) is 18.2 Å². The summed E-state index contributed by atoms with van der Waals surface area (Å²) in [6.07, 6.45) is 1.92. The lowest BCUT2D eigenvalue weighted by Crippen LogP contribution is -2.35. The average molecular weight is 340 g/mol. The van der Waals surface area contributed by atoms with Gasteiger partial charge in [-0.25, -0.2) is 0 Å². The van der Waals surface area contributed by atoms with Gasteiger partial charge in [-0.2, -0.15) is 0 Å². The summed E-state index contributed by atoms with van der Waals surface area (Å²) in [7, 11) is 1.67. The Kier molecular flexibility index (Phi) is 7.48. The number of hydrogen-bond donors (Lipinski definition) is 2. The van der Waals surface area contributed by atoms with Crippen molar-refractivity contribution in [2.75, 3.05) is 20.2 Å². The summed E-state index contributed by atoms with van der Waals surface area (Å²) < 4.78 is 5.41. The number of hydrogen-bond acceptors (Lipinski definition) is 3. The summed E-state index contributed by atoms with van der Waals surface area (Å²) in [5, 5.41) is 6.23. The van der Waals surface area contributed by atoms with Crippen LogP contribution in [0.4, 0.5) is 0 Å². The van der Waals surface area contributed by atoms with Crippen LogP contribution in [-0.4, -0.2) is 26.1 Å². The smallest absolute Gasteiger partial charge is 0.233 e. The first-order chi connectivity index (χ1) is 12.1. The molecule has 0 saturated carbocycles. The summed E-state index contributed by atoms with van der Waals surface area (Å²) >= 11 is 0. The predicted molar refractivity (Wildman–Crippen MR) is 102 cm³/mol. The van der Waals surface area contributed by atoms with Gasteiger partial charge in [0.15, 0.2) is 0 Å².